The van der Waals surface area contributed by atoms with Crippen molar-refractivity contribution in [2.75, 3.05) is 6.54 Å². The molecule has 0 unspecified atom stereocenters. The van der Waals surface area contributed by atoms with Gasteiger partial charge in [-0.2, -0.15) is 0 Å². The average Bonchev–Trinajstić information content (AvgIpc) is 3.02. The minimum atomic E-state index is 0.792. The van der Waals surface area contributed by atoms with Gasteiger partial charge in [0.2, 0.25) is 0 Å². The van der Waals surface area contributed by atoms with E-state index < -0.39 is 0 Å². The highest BCUT2D eigenvalue weighted by Crippen LogP contribution is 2.22. The minimum Gasteiger partial charge on any atom is -0.327 e. The first kappa shape index (κ1) is 12.3. The van der Waals surface area contributed by atoms with Crippen molar-refractivity contribution in [3.8, 4) is 0 Å². The van der Waals surface area contributed by atoms with Crippen LogP contribution in [0.5, 0.6) is 0 Å². The zero-order valence-corrected chi connectivity index (χ0v) is 11.7. The van der Waals surface area contributed by atoms with Gasteiger partial charge in [-0.25, -0.2) is 9.97 Å². The Labute approximate surface area is 116 Å². The third-order valence-electron chi connectivity index (χ3n) is 2.98. The molecule has 4 nitrogen and oxygen atoms in total. The molecule has 0 saturated heterocycles. The molecular formula is C14H16N4S. The molecule has 0 radical (unpaired) electrons. The van der Waals surface area contributed by atoms with E-state index in [2.05, 4.69) is 45.0 Å². The molecule has 1 aromatic carbocycles. The summed E-state index contributed by atoms with van der Waals surface area (Å²) >= 11 is 1.75. The maximum atomic E-state index is 4.66. The smallest absolute Gasteiger partial charge is 0.123 e. The number of benzene rings is 1. The van der Waals surface area contributed by atoms with Gasteiger partial charge in [0.15, 0.2) is 0 Å². The van der Waals surface area contributed by atoms with Gasteiger partial charge in [-0.3, -0.25) is 0 Å². The van der Waals surface area contributed by atoms with Crippen molar-refractivity contribution in [1.82, 2.24) is 19.9 Å². The number of aromatic nitrogens is 3. The summed E-state index contributed by atoms with van der Waals surface area (Å²) in [6.07, 6.45) is 3.86. The van der Waals surface area contributed by atoms with Crippen LogP contribution in [0.3, 0.4) is 0 Å². The van der Waals surface area contributed by atoms with Gasteiger partial charge in [0.1, 0.15) is 10.8 Å². The molecule has 5 heteroatoms. The molecule has 0 bridgehead atoms. The molecule has 0 atom stereocenters. The molecule has 1 N–H and O–H groups in total. The van der Waals surface area contributed by atoms with Crippen LogP contribution >= 0.6 is 11.3 Å². The van der Waals surface area contributed by atoms with E-state index in [0.717, 1.165) is 36.0 Å². The molecule has 0 spiro atoms. The predicted octanol–water partition coefficient (Wildman–Crippen LogP) is 2.65. The summed E-state index contributed by atoms with van der Waals surface area (Å²) in [4.78, 5) is 9.04. The molecule has 3 rings (SSSR count). The summed E-state index contributed by atoms with van der Waals surface area (Å²) in [6.45, 7) is 4.64. The second-order valence-corrected chi connectivity index (χ2v) is 5.44. The molecule has 2 heterocycles. The number of fused-ring (bicyclic) bond motifs is 1. The zero-order chi connectivity index (χ0) is 13.1. The average molecular weight is 272 g/mol. The fourth-order valence-electron chi connectivity index (χ4n) is 2.02. The number of nitrogens with zero attached hydrogens (tertiary/aromatic N) is 3. The molecule has 0 saturated carbocycles. The van der Waals surface area contributed by atoms with Gasteiger partial charge >= 0.3 is 0 Å². The lowest BCUT2D eigenvalue weighted by atomic mass is 10.3. The van der Waals surface area contributed by atoms with E-state index in [9.17, 15) is 0 Å². The van der Waals surface area contributed by atoms with E-state index in [0.29, 0.717) is 0 Å². The first-order valence-corrected chi connectivity index (χ1v) is 7.23. The molecule has 0 aliphatic rings. The van der Waals surface area contributed by atoms with Crippen LogP contribution in [0.1, 0.15) is 17.8 Å². The van der Waals surface area contributed by atoms with E-state index in [1.54, 1.807) is 11.3 Å². The first-order valence-electron chi connectivity index (χ1n) is 6.42. The standard InChI is InChI=1S/C14H16N4S/c1-2-15-9-13-16-7-8-18(13)10-14-17-11-5-3-4-6-12(11)19-14/h3-8,15H,2,9-10H2,1H3. The Morgan fingerprint density at radius 1 is 1.32 bits per heavy atom. The molecule has 0 fully saturated rings. The van der Waals surface area contributed by atoms with Gasteiger partial charge < -0.3 is 9.88 Å². The van der Waals surface area contributed by atoms with Crippen LogP contribution in [0.25, 0.3) is 10.2 Å². The number of thiazole rings is 1. The lowest BCUT2D eigenvalue weighted by Crippen LogP contribution is -2.16. The molecule has 0 amide bonds. The van der Waals surface area contributed by atoms with Crippen molar-refractivity contribution < 1.29 is 0 Å². The van der Waals surface area contributed by atoms with Gasteiger partial charge in [0.25, 0.3) is 0 Å². The highest BCUT2D eigenvalue weighted by Gasteiger charge is 2.07. The number of hydrogen-bond acceptors (Lipinski definition) is 4. The van der Waals surface area contributed by atoms with Crippen molar-refractivity contribution in [1.29, 1.82) is 0 Å². The van der Waals surface area contributed by atoms with Crippen molar-refractivity contribution in [2.24, 2.45) is 0 Å². The predicted molar refractivity (Wildman–Crippen MR) is 78.3 cm³/mol. The van der Waals surface area contributed by atoms with Gasteiger partial charge in [-0.15, -0.1) is 11.3 Å². The first-order chi connectivity index (χ1) is 9.36. The summed E-state index contributed by atoms with van der Waals surface area (Å²) in [5.74, 6) is 1.06. The van der Waals surface area contributed by atoms with Crippen LogP contribution in [0.15, 0.2) is 36.7 Å². The summed E-state index contributed by atoms with van der Waals surface area (Å²) in [5.41, 5.74) is 1.08. The highest BCUT2D eigenvalue weighted by molar-refractivity contribution is 7.18. The van der Waals surface area contributed by atoms with Crippen molar-refractivity contribution in [3.05, 3.63) is 47.5 Å². The van der Waals surface area contributed by atoms with Crippen LogP contribution in [0.2, 0.25) is 0 Å². The number of para-hydroxylation sites is 1. The van der Waals surface area contributed by atoms with Crippen molar-refractivity contribution in [3.63, 3.8) is 0 Å². The monoisotopic (exact) mass is 272 g/mol. The number of imidazole rings is 1. The fourth-order valence-corrected chi connectivity index (χ4v) is 2.99. The third-order valence-corrected chi connectivity index (χ3v) is 4.00. The second-order valence-electron chi connectivity index (χ2n) is 4.33. The van der Waals surface area contributed by atoms with E-state index in [1.807, 2.05) is 18.5 Å². The Kier molecular flexibility index (Phi) is 3.57. The lowest BCUT2D eigenvalue weighted by molar-refractivity contribution is 0.639. The Bertz CT molecular complexity index is 638. The Balaban J connectivity index is 1.82. The minimum absolute atomic E-state index is 0.792. The molecule has 0 aliphatic heterocycles. The fraction of sp³-hybridized carbons (Fsp3) is 0.286. The van der Waals surface area contributed by atoms with E-state index >= 15 is 0 Å². The molecule has 98 valence electrons. The van der Waals surface area contributed by atoms with E-state index in [4.69, 9.17) is 0 Å². The Morgan fingerprint density at radius 2 is 2.21 bits per heavy atom. The summed E-state index contributed by atoms with van der Waals surface area (Å²) < 4.78 is 3.39. The summed E-state index contributed by atoms with van der Waals surface area (Å²) in [5, 5.41) is 4.43. The van der Waals surface area contributed by atoms with Crippen LogP contribution in [0, 0.1) is 0 Å². The van der Waals surface area contributed by atoms with Crippen molar-refractivity contribution in [2.45, 2.75) is 20.0 Å². The Hall–Kier alpha value is -1.72. The number of rotatable bonds is 5. The van der Waals surface area contributed by atoms with Crippen LogP contribution in [-0.2, 0) is 13.1 Å². The normalized spacial score (nSPS) is 11.2. The van der Waals surface area contributed by atoms with E-state index in [1.165, 1.54) is 4.70 Å². The molecule has 3 aromatic rings. The molecule has 2 aromatic heterocycles. The van der Waals surface area contributed by atoms with Gasteiger partial charge in [0, 0.05) is 12.4 Å². The maximum Gasteiger partial charge on any atom is 0.123 e. The zero-order valence-electron chi connectivity index (χ0n) is 10.8. The molecule has 19 heavy (non-hydrogen) atoms. The molecular weight excluding hydrogens is 256 g/mol. The largest absolute Gasteiger partial charge is 0.327 e. The van der Waals surface area contributed by atoms with Crippen LogP contribution in [-0.4, -0.2) is 21.1 Å². The second kappa shape index (κ2) is 5.50. The maximum absolute atomic E-state index is 4.66. The third kappa shape index (κ3) is 2.67. The van der Waals surface area contributed by atoms with Gasteiger partial charge in [0.05, 0.1) is 23.3 Å². The van der Waals surface area contributed by atoms with Gasteiger partial charge in [-0.1, -0.05) is 19.1 Å². The quantitative estimate of drug-likeness (QED) is 0.776. The summed E-state index contributed by atoms with van der Waals surface area (Å²) in [7, 11) is 0. The van der Waals surface area contributed by atoms with Gasteiger partial charge in [-0.05, 0) is 18.7 Å². The Morgan fingerprint density at radius 3 is 3.05 bits per heavy atom. The SMILES string of the molecule is CCNCc1nccn1Cc1nc2ccccc2s1. The number of nitrogens with one attached hydrogen (secondary N) is 1. The lowest BCUT2D eigenvalue weighted by Gasteiger charge is -2.05. The van der Waals surface area contributed by atoms with Crippen molar-refractivity contribution >= 4 is 21.6 Å². The number of hydrogen-bond donors (Lipinski definition) is 1. The summed E-state index contributed by atoms with van der Waals surface area (Å²) in [6, 6.07) is 8.25. The molecule has 0 aliphatic carbocycles. The van der Waals surface area contributed by atoms with E-state index in [-0.39, 0.29) is 0 Å². The topological polar surface area (TPSA) is 42.7 Å². The van der Waals surface area contributed by atoms with Crippen LogP contribution in [0.4, 0.5) is 0 Å². The highest BCUT2D eigenvalue weighted by atomic mass is 32.1. The van der Waals surface area contributed by atoms with Crippen LogP contribution < -0.4 is 5.32 Å².